The van der Waals surface area contributed by atoms with Crippen LogP contribution in [0.3, 0.4) is 0 Å². The summed E-state index contributed by atoms with van der Waals surface area (Å²) >= 11 is 0. The van der Waals surface area contributed by atoms with Gasteiger partial charge in [-0.25, -0.2) is 5.43 Å². The molecule has 0 spiro atoms. The highest BCUT2D eigenvalue weighted by atomic mass is 16.5. The van der Waals surface area contributed by atoms with Crippen molar-refractivity contribution < 1.29 is 19.4 Å². The first-order chi connectivity index (χ1) is 10.2. The Kier molecular flexibility index (Phi) is 5.71. The molecule has 2 N–H and O–H groups in total. The van der Waals surface area contributed by atoms with Crippen molar-refractivity contribution in [1.29, 1.82) is 0 Å². The molecule has 1 aliphatic heterocycles. The Morgan fingerprint density at radius 2 is 2.14 bits per heavy atom. The van der Waals surface area contributed by atoms with Gasteiger partial charge in [-0.05, 0) is 18.4 Å². The lowest BCUT2D eigenvalue weighted by Crippen LogP contribution is -2.54. The number of hydrazine groups is 1. The van der Waals surface area contributed by atoms with Gasteiger partial charge in [0.25, 0.3) is 5.91 Å². The van der Waals surface area contributed by atoms with Gasteiger partial charge in [-0.3, -0.25) is 14.6 Å². The Balaban J connectivity index is 1.72. The van der Waals surface area contributed by atoms with Crippen LogP contribution in [0.25, 0.3) is 0 Å². The molecule has 0 aliphatic carbocycles. The number of benzene rings is 1. The first-order valence-corrected chi connectivity index (χ1v) is 7.09. The van der Waals surface area contributed by atoms with Crippen molar-refractivity contribution in [2.45, 2.75) is 25.4 Å². The summed E-state index contributed by atoms with van der Waals surface area (Å²) in [5.74, 6) is -1.33. The van der Waals surface area contributed by atoms with E-state index in [9.17, 15) is 9.59 Å². The molecule has 1 amide bonds. The Morgan fingerprint density at radius 1 is 1.38 bits per heavy atom. The molecule has 0 saturated carbocycles. The van der Waals surface area contributed by atoms with Gasteiger partial charge in [0.2, 0.25) is 0 Å². The van der Waals surface area contributed by atoms with E-state index in [0.717, 1.165) is 12.8 Å². The van der Waals surface area contributed by atoms with Crippen molar-refractivity contribution in [3.05, 3.63) is 35.9 Å². The van der Waals surface area contributed by atoms with Gasteiger partial charge >= 0.3 is 5.97 Å². The van der Waals surface area contributed by atoms with Crippen LogP contribution in [0.4, 0.5) is 0 Å². The zero-order valence-corrected chi connectivity index (χ0v) is 11.8. The molecule has 114 valence electrons. The minimum atomic E-state index is -1.03. The third-order valence-electron chi connectivity index (χ3n) is 3.32. The van der Waals surface area contributed by atoms with Crippen LogP contribution in [0.15, 0.2) is 30.3 Å². The number of carbonyl (C=O) groups is 2. The smallest absolute Gasteiger partial charge is 0.306 e. The minimum absolute atomic E-state index is 0.291. The summed E-state index contributed by atoms with van der Waals surface area (Å²) in [6.45, 7) is 1.47. The van der Waals surface area contributed by atoms with E-state index in [1.807, 2.05) is 18.2 Å². The summed E-state index contributed by atoms with van der Waals surface area (Å²) in [5, 5.41) is 10.2. The monoisotopic (exact) mass is 292 g/mol. The van der Waals surface area contributed by atoms with Crippen molar-refractivity contribution in [2.75, 3.05) is 19.7 Å². The van der Waals surface area contributed by atoms with Crippen molar-refractivity contribution in [2.24, 2.45) is 0 Å². The van der Waals surface area contributed by atoms with Crippen LogP contribution in [0.5, 0.6) is 0 Å². The average Bonchev–Trinajstić information content (AvgIpc) is 2.48. The molecule has 1 atom stereocenters. The van der Waals surface area contributed by atoms with E-state index in [4.69, 9.17) is 9.84 Å². The summed E-state index contributed by atoms with van der Waals surface area (Å²) in [6.07, 6.45) is 0.669. The maximum Gasteiger partial charge on any atom is 0.306 e. The van der Waals surface area contributed by atoms with Crippen molar-refractivity contribution >= 4 is 11.9 Å². The van der Waals surface area contributed by atoms with Gasteiger partial charge in [0.05, 0.1) is 19.6 Å². The number of rotatable bonds is 7. The lowest BCUT2D eigenvalue weighted by atomic mass is 10.1. The van der Waals surface area contributed by atoms with Crippen molar-refractivity contribution in [3.8, 4) is 0 Å². The zero-order valence-electron chi connectivity index (χ0n) is 11.8. The minimum Gasteiger partial charge on any atom is -0.481 e. The number of aliphatic carboxylic acids is 1. The topological polar surface area (TPSA) is 78.9 Å². The van der Waals surface area contributed by atoms with Crippen LogP contribution in [-0.2, 0) is 20.7 Å². The van der Waals surface area contributed by atoms with E-state index in [-0.39, 0.29) is 12.3 Å². The highest BCUT2D eigenvalue weighted by Gasteiger charge is 2.31. The number of ether oxygens (including phenoxy) is 1. The summed E-state index contributed by atoms with van der Waals surface area (Å²) in [4.78, 5) is 22.7. The molecule has 1 saturated heterocycles. The second-order valence-corrected chi connectivity index (χ2v) is 4.94. The predicted molar refractivity (Wildman–Crippen MR) is 76.5 cm³/mol. The fourth-order valence-electron chi connectivity index (χ4n) is 2.25. The predicted octanol–water partition coefficient (Wildman–Crippen LogP) is 0.826. The molecule has 21 heavy (non-hydrogen) atoms. The molecule has 0 bridgehead atoms. The third kappa shape index (κ3) is 4.84. The summed E-state index contributed by atoms with van der Waals surface area (Å²) in [7, 11) is 0. The number of amides is 1. The Morgan fingerprint density at radius 3 is 2.86 bits per heavy atom. The van der Waals surface area contributed by atoms with E-state index in [1.165, 1.54) is 10.6 Å². The summed E-state index contributed by atoms with van der Waals surface area (Å²) in [6, 6.07) is 10.1. The van der Waals surface area contributed by atoms with Crippen LogP contribution < -0.4 is 5.43 Å². The van der Waals surface area contributed by atoms with Gasteiger partial charge in [0.15, 0.2) is 0 Å². The van der Waals surface area contributed by atoms with Crippen LogP contribution in [0.2, 0.25) is 0 Å². The normalized spacial score (nSPS) is 18.8. The molecular weight excluding hydrogens is 272 g/mol. The highest BCUT2D eigenvalue weighted by Crippen LogP contribution is 2.09. The molecule has 0 radical (unpaired) electrons. The number of hydrogen-bond acceptors (Lipinski definition) is 4. The standard InChI is InChI=1S/C15H20N2O4/c18-14(19)11-13-15(20)17(9-10-21-13)16-8-4-7-12-5-2-1-3-6-12/h1-3,5-6,13,16H,4,7-11H2,(H,18,19)/t13-/m0/s1. The van der Waals surface area contributed by atoms with E-state index in [2.05, 4.69) is 17.6 Å². The van der Waals surface area contributed by atoms with E-state index >= 15 is 0 Å². The largest absolute Gasteiger partial charge is 0.481 e. The summed E-state index contributed by atoms with van der Waals surface area (Å²) in [5.41, 5.74) is 4.32. The van der Waals surface area contributed by atoms with Crippen LogP contribution >= 0.6 is 0 Å². The fraction of sp³-hybridized carbons (Fsp3) is 0.467. The van der Waals surface area contributed by atoms with Crippen LogP contribution in [-0.4, -0.2) is 47.8 Å². The van der Waals surface area contributed by atoms with Gasteiger partial charge < -0.3 is 9.84 Å². The lowest BCUT2D eigenvalue weighted by Gasteiger charge is -2.32. The SMILES string of the molecule is O=C(O)C[C@@H]1OCCN(NCCCc2ccccc2)C1=O. The van der Waals surface area contributed by atoms with Gasteiger partial charge in [-0.15, -0.1) is 0 Å². The Bertz CT molecular complexity index is 478. The van der Waals surface area contributed by atoms with Gasteiger partial charge in [-0.2, -0.15) is 0 Å². The van der Waals surface area contributed by atoms with Crippen molar-refractivity contribution in [3.63, 3.8) is 0 Å². The molecule has 1 fully saturated rings. The Hall–Kier alpha value is -1.92. The molecule has 6 nitrogen and oxygen atoms in total. The molecule has 1 aromatic rings. The number of morpholine rings is 1. The number of nitrogens with one attached hydrogen (secondary N) is 1. The second kappa shape index (κ2) is 7.75. The van der Waals surface area contributed by atoms with E-state index in [1.54, 1.807) is 0 Å². The quantitative estimate of drug-likeness (QED) is 0.728. The van der Waals surface area contributed by atoms with Gasteiger partial charge in [0.1, 0.15) is 6.10 Å². The second-order valence-electron chi connectivity index (χ2n) is 4.94. The third-order valence-corrected chi connectivity index (χ3v) is 3.32. The number of aryl methyl sites for hydroxylation is 1. The number of nitrogens with zero attached hydrogens (tertiary/aromatic N) is 1. The molecule has 1 heterocycles. The first-order valence-electron chi connectivity index (χ1n) is 7.09. The summed E-state index contributed by atoms with van der Waals surface area (Å²) < 4.78 is 5.19. The maximum absolute atomic E-state index is 12.0. The highest BCUT2D eigenvalue weighted by molar-refractivity contribution is 5.85. The zero-order chi connectivity index (χ0) is 15.1. The van der Waals surface area contributed by atoms with E-state index in [0.29, 0.717) is 19.7 Å². The molecule has 6 heteroatoms. The lowest BCUT2D eigenvalue weighted by molar-refractivity contribution is -0.163. The number of carboxylic acid groups (broad SMARTS) is 1. The number of hydrogen-bond donors (Lipinski definition) is 2. The number of carboxylic acids is 1. The van der Waals surface area contributed by atoms with Gasteiger partial charge in [-0.1, -0.05) is 30.3 Å². The number of carbonyl (C=O) groups excluding carboxylic acids is 1. The average molecular weight is 292 g/mol. The van der Waals surface area contributed by atoms with Crippen molar-refractivity contribution in [1.82, 2.24) is 10.4 Å². The molecular formula is C15H20N2O4. The molecule has 0 unspecified atom stereocenters. The first kappa shape index (κ1) is 15.5. The maximum atomic E-state index is 12.0. The van der Waals surface area contributed by atoms with Crippen LogP contribution in [0, 0.1) is 0 Å². The molecule has 0 aromatic heterocycles. The molecule has 2 rings (SSSR count). The molecule has 1 aromatic carbocycles. The van der Waals surface area contributed by atoms with Gasteiger partial charge in [0, 0.05) is 6.54 Å². The molecule has 1 aliphatic rings. The Labute approximate surface area is 123 Å². The van der Waals surface area contributed by atoms with E-state index < -0.39 is 12.1 Å². The fourth-order valence-corrected chi connectivity index (χ4v) is 2.25. The van der Waals surface area contributed by atoms with Crippen LogP contribution in [0.1, 0.15) is 18.4 Å².